The Balaban J connectivity index is 1.56. The van der Waals surface area contributed by atoms with Crippen LogP contribution in [0.5, 0.6) is 0 Å². The van der Waals surface area contributed by atoms with Gasteiger partial charge in [-0.3, -0.25) is 0 Å². The molecule has 3 fully saturated rings. The van der Waals surface area contributed by atoms with Gasteiger partial charge in [-0.1, -0.05) is 6.92 Å². The van der Waals surface area contributed by atoms with Gasteiger partial charge in [-0.2, -0.15) is 0 Å². The highest BCUT2D eigenvalue weighted by atomic mass is 16.3. The van der Waals surface area contributed by atoms with Crippen LogP contribution in [-0.2, 0) is 6.42 Å². The van der Waals surface area contributed by atoms with E-state index in [9.17, 15) is 10.2 Å². The molecule has 2 bridgehead atoms. The molecule has 3 heteroatoms. The van der Waals surface area contributed by atoms with Crippen molar-refractivity contribution in [1.29, 1.82) is 0 Å². The average Bonchev–Trinajstić information content (AvgIpc) is 3.09. The smallest absolute Gasteiger partial charge is 0.107 e. The molecule has 3 saturated carbocycles. The van der Waals surface area contributed by atoms with Gasteiger partial charge in [0.05, 0.1) is 18.5 Å². The van der Waals surface area contributed by atoms with Crippen LogP contribution < -0.4 is 0 Å². The third-order valence-corrected chi connectivity index (χ3v) is 8.46. The molecule has 6 atom stereocenters. The minimum absolute atomic E-state index is 0.0574. The van der Waals surface area contributed by atoms with Crippen LogP contribution in [0.25, 0.3) is 0 Å². The van der Waals surface area contributed by atoms with E-state index in [0.717, 1.165) is 25.7 Å². The summed E-state index contributed by atoms with van der Waals surface area (Å²) in [6.45, 7) is 2.45. The molecule has 0 amide bonds. The number of aliphatic hydroxyl groups excluding tert-OH is 1. The predicted octanol–water partition coefficient (Wildman–Crippen LogP) is 3.64. The summed E-state index contributed by atoms with van der Waals surface area (Å²) in [6.07, 6.45) is 10.9. The number of fused-ring (bicyclic) bond motifs is 5. The Bertz CT molecular complexity index is 637. The molecule has 0 saturated heterocycles. The van der Waals surface area contributed by atoms with Gasteiger partial charge in [0, 0.05) is 6.42 Å². The Morgan fingerprint density at radius 2 is 2.13 bits per heavy atom. The van der Waals surface area contributed by atoms with Crippen molar-refractivity contribution in [3.05, 3.63) is 23.7 Å². The van der Waals surface area contributed by atoms with E-state index in [1.54, 1.807) is 0 Å². The summed E-state index contributed by atoms with van der Waals surface area (Å²) in [6, 6.07) is 2.21. The molecule has 126 valence electrons. The van der Waals surface area contributed by atoms with Crippen LogP contribution in [0.1, 0.15) is 69.1 Å². The summed E-state index contributed by atoms with van der Waals surface area (Å²) >= 11 is 0. The Morgan fingerprint density at radius 3 is 2.96 bits per heavy atom. The standard InChI is InChI=1S/C20H28O3/c1-18-7-5-16-14(6-9-23-16)15(18)4-8-19-10-13(2-3-17(18)19)20(22,11-19)12-21/h6,9,13,15,17,21-22H,2-5,7-8,10-12H2,1H3/t13?,15-,17?,18?,19-,20-/m0/s1. The van der Waals surface area contributed by atoms with E-state index in [4.69, 9.17) is 4.42 Å². The first-order valence-corrected chi connectivity index (χ1v) is 9.40. The molecular formula is C20H28O3. The maximum atomic E-state index is 10.9. The van der Waals surface area contributed by atoms with Crippen LogP contribution in [0.4, 0.5) is 0 Å². The fourth-order valence-electron chi connectivity index (χ4n) is 7.51. The van der Waals surface area contributed by atoms with E-state index < -0.39 is 5.60 Å². The molecule has 5 rings (SSSR count). The van der Waals surface area contributed by atoms with E-state index in [-0.39, 0.29) is 12.0 Å². The van der Waals surface area contributed by atoms with Crippen molar-refractivity contribution in [2.45, 2.75) is 69.8 Å². The third-order valence-electron chi connectivity index (χ3n) is 8.46. The molecule has 4 aliphatic carbocycles. The van der Waals surface area contributed by atoms with Crippen molar-refractivity contribution in [1.82, 2.24) is 0 Å². The third kappa shape index (κ3) is 1.68. The molecule has 4 aliphatic rings. The van der Waals surface area contributed by atoms with Gasteiger partial charge in [0.1, 0.15) is 5.76 Å². The van der Waals surface area contributed by atoms with Crippen molar-refractivity contribution >= 4 is 0 Å². The Hall–Kier alpha value is -0.800. The quantitative estimate of drug-likeness (QED) is 0.831. The molecule has 2 N–H and O–H groups in total. The van der Waals surface area contributed by atoms with Gasteiger partial charge in [-0.25, -0.2) is 0 Å². The van der Waals surface area contributed by atoms with Gasteiger partial charge in [-0.05, 0) is 85.2 Å². The minimum Gasteiger partial charge on any atom is -0.469 e. The normalized spacial score (nSPS) is 51.0. The minimum atomic E-state index is -0.812. The molecule has 1 heterocycles. The lowest BCUT2D eigenvalue weighted by Crippen LogP contribution is -2.51. The Morgan fingerprint density at radius 1 is 1.26 bits per heavy atom. The second kappa shape index (κ2) is 4.43. The fraction of sp³-hybridized carbons (Fsp3) is 0.800. The molecule has 3 unspecified atom stereocenters. The highest BCUT2D eigenvalue weighted by Crippen LogP contribution is 2.71. The Labute approximate surface area is 138 Å². The maximum Gasteiger partial charge on any atom is 0.107 e. The molecule has 0 aliphatic heterocycles. The lowest BCUT2D eigenvalue weighted by molar-refractivity contribution is -0.0727. The van der Waals surface area contributed by atoms with E-state index >= 15 is 0 Å². The van der Waals surface area contributed by atoms with Crippen LogP contribution >= 0.6 is 0 Å². The summed E-state index contributed by atoms with van der Waals surface area (Å²) in [5.74, 6) is 2.85. The SMILES string of the molecule is CC12CCc3occc3[C@@H]1CC[C@@]13CC(CCC21)[C@@](O)(CO)C3. The Kier molecular flexibility index (Phi) is 2.80. The second-order valence-corrected chi connectivity index (χ2v) is 9.23. The fourth-order valence-corrected chi connectivity index (χ4v) is 7.51. The van der Waals surface area contributed by atoms with E-state index in [2.05, 4.69) is 13.0 Å². The second-order valence-electron chi connectivity index (χ2n) is 9.23. The molecule has 0 aromatic carbocycles. The predicted molar refractivity (Wildman–Crippen MR) is 87.0 cm³/mol. The van der Waals surface area contributed by atoms with Gasteiger partial charge in [0.2, 0.25) is 0 Å². The van der Waals surface area contributed by atoms with Crippen LogP contribution in [0, 0.1) is 22.7 Å². The zero-order chi connectivity index (χ0) is 15.9. The van der Waals surface area contributed by atoms with E-state index in [1.807, 2.05) is 6.26 Å². The van der Waals surface area contributed by atoms with Gasteiger partial charge in [0.15, 0.2) is 0 Å². The summed E-state index contributed by atoms with van der Waals surface area (Å²) < 4.78 is 5.72. The van der Waals surface area contributed by atoms with Gasteiger partial charge in [0.25, 0.3) is 0 Å². The molecule has 1 spiro atoms. The van der Waals surface area contributed by atoms with Crippen molar-refractivity contribution < 1.29 is 14.6 Å². The monoisotopic (exact) mass is 316 g/mol. The summed E-state index contributed by atoms with van der Waals surface area (Å²) in [4.78, 5) is 0. The van der Waals surface area contributed by atoms with E-state index in [1.165, 1.54) is 37.0 Å². The summed E-state index contributed by atoms with van der Waals surface area (Å²) in [7, 11) is 0. The number of hydrogen-bond acceptors (Lipinski definition) is 3. The lowest BCUT2D eigenvalue weighted by Gasteiger charge is -2.59. The highest BCUT2D eigenvalue weighted by Gasteiger charge is 2.65. The van der Waals surface area contributed by atoms with Gasteiger partial charge < -0.3 is 14.6 Å². The summed E-state index contributed by atoms with van der Waals surface area (Å²) in [5, 5.41) is 20.7. The van der Waals surface area contributed by atoms with Crippen LogP contribution in [0.3, 0.4) is 0 Å². The first kappa shape index (κ1) is 14.5. The first-order chi connectivity index (χ1) is 11.0. The highest BCUT2D eigenvalue weighted by molar-refractivity contribution is 5.31. The number of aryl methyl sites for hydroxylation is 1. The zero-order valence-electron chi connectivity index (χ0n) is 14.1. The van der Waals surface area contributed by atoms with Gasteiger partial charge >= 0.3 is 0 Å². The van der Waals surface area contributed by atoms with Crippen molar-refractivity contribution in [3.8, 4) is 0 Å². The molecule has 0 radical (unpaired) electrons. The van der Waals surface area contributed by atoms with Crippen LogP contribution in [0.15, 0.2) is 16.7 Å². The number of hydrogen-bond donors (Lipinski definition) is 2. The average molecular weight is 316 g/mol. The van der Waals surface area contributed by atoms with E-state index in [0.29, 0.717) is 23.2 Å². The molecule has 1 aromatic rings. The molecular weight excluding hydrogens is 288 g/mol. The maximum absolute atomic E-state index is 10.9. The van der Waals surface area contributed by atoms with Crippen molar-refractivity contribution in [2.75, 3.05) is 6.61 Å². The van der Waals surface area contributed by atoms with Crippen molar-refractivity contribution in [2.24, 2.45) is 22.7 Å². The first-order valence-electron chi connectivity index (χ1n) is 9.40. The largest absolute Gasteiger partial charge is 0.469 e. The topological polar surface area (TPSA) is 53.6 Å². The number of rotatable bonds is 1. The number of aliphatic hydroxyl groups is 2. The lowest BCUT2D eigenvalue weighted by atomic mass is 9.45. The van der Waals surface area contributed by atoms with Gasteiger partial charge in [-0.15, -0.1) is 0 Å². The van der Waals surface area contributed by atoms with Crippen LogP contribution in [0.2, 0.25) is 0 Å². The summed E-state index contributed by atoms with van der Waals surface area (Å²) in [5.41, 5.74) is 1.26. The van der Waals surface area contributed by atoms with Crippen molar-refractivity contribution in [3.63, 3.8) is 0 Å². The zero-order valence-corrected chi connectivity index (χ0v) is 14.1. The molecule has 3 nitrogen and oxygen atoms in total. The molecule has 1 aromatic heterocycles. The van der Waals surface area contributed by atoms with Crippen LogP contribution in [-0.4, -0.2) is 22.4 Å². The number of furan rings is 1. The molecule has 23 heavy (non-hydrogen) atoms.